The molecular weight excluding hydrogens is 385 g/mol. The van der Waals surface area contributed by atoms with Crippen LogP contribution in [0.1, 0.15) is 22.8 Å². The fourth-order valence-electron chi connectivity index (χ4n) is 2.87. The van der Waals surface area contributed by atoms with E-state index in [-0.39, 0.29) is 17.1 Å². The van der Waals surface area contributed by atoms with Crippen molar-refractivity contribution in [3.8, 4) is 16.9 Å². The van der Waals surface area contributed by atoms with E-state index in [1.54, 1.807) is 18.2 Å². The lowest BCUT2D eigenvalue weighted by atomic mass is 10.00. The molecule has 1 heterocycles. The van der Waals surface area contributed by atoms with Crippen molar-refractivity contribution in [1.82, 2.24) is 4.98 Å². The number of aromatic carboxylic acids is 1. The van der Waals surface area contributed by atoms with Gasteiger partial charge in [-0.25, -0.2) is 9.78 Å². The number of alkyl halides is 3. The average molecular weight is 402 g/mol. The van der Waals surface area contributed by atoms with Gasteiger partial charge in [0, 0.05) is 11.9 Å². The Morgan fingerprint density at radius 3 is 2.55 bits per heavy atom. The highest BCUT2D eigenvalue weighted by Gasteiger charge is 2.31. The van der Waals surface area contributed by atoms with E-state index in [0.717, 1.165) is 5.56 Å². The number of hydrogen-bond acceptors (Lipinski definition) is 4. The van der Waals surface area contributed by atoms with Crippen LogP contribution < -0.4 is 10.1 Å². The molecule has 8 heteroatoms. The Kier molecular flexibility index (Phi) is 5.72. The summed E-state index contributed by atoms with van der Waals surface area (Å²) in [4.78, 5) is 15.4. The van der Waals surface area contributed by atoms with E-state index >= 15 is 0 Å². The van der Waals surface area contributed by atoms with Gasteiger partial charge in [0.05, 0.1) is 0 Å². The minimum atomic E-state index is -4.76. The summed E-state index contributed by atoms with van der Waals surface area (Å²) in [6.45, 7) is 1.92. The van der Waals surface area contributed by atoms with Crippen molar-refractivity contribution >= 4 is 17.5 Å². The maximum atomic E-state index is 12.5. The highest BCUT2D eigenvalue weighted by molar-refractivity contribution is 5.94. The number of carbonyl (C=O) groups is 1. The van der Waals surface area contributed by atoms with Crippen LogP contribution in [0.15, 0.2) is 60.8 Å². The van der Waals surface area contributed by atoms with Crippen molar-refractivity contribution < 1.29 is 27.8 Å². The second-order valence-electron chi connectivity index (χ2n) is 6.13. The molecule has 1 aromatic heterocycles. The fraction of sp³-hybridized carbons (Fsp3) is 0.143. The van der Waals surface area contributed by atoms with E-state index in [4.69, 9.17) is 0 Å². The van der Waals surface area contributed by atoms with Crippen LogP contribution in [-0.4, -0.2) is 22.4 Å². The summed E-state index contributed by atoms with van der Waals surface area (Å²) in [6, 6.07) is 14.0. The van der Waals surface area contributed by atoms with Gasteiger partial charge >= 0.3 is 12.3 Å². The van der Waals surface area contributed by atoms with Gasteiger partial charge in [0.1, 0.15) is 17.1 Å². The summed E-state index contributed by atoms with van der Waals surface area (Å²) in [6.07, 6.45) is -2.66. The number of pyridine rings is 1. The first-order valence-electron chi connectivity index (χ1n) is 8.71. The summed E-state index contributed by atoms with van der Waals surface area (Å²) in [7, 11) is 0. The lowest BCUT2D eigenvalue weighted by Crippen LogP contribution is -2.17. The predicted molar refractivity (Wildman–Crippen MR) is 102 cm³/mol. The van der Waals surface area contributed by atoms with Gasteiger partial charge in [-0.15, -0.1) is 13.2 Å². The van der Waals surface area contributed by atoms with Crippen molar-refractivity contribution in [3.63, 3.8) is 0 Å². The highest BCUT2D eigenvalue weighted by atomic mass is 19.4. The molecule has 0 spiro atoms. The van der Waals surface area contributed by atoms with Crippen LogP contribution in [0, 0.1) is 0 Å². The first kappa shape index (κ1) is 20.2. The Balaban J connectivity index is 1.92. The third-order valence-electron chi connectivity index (χ3n) is 4.18. The standard InChI is InChI=1S/C21H17F3N2O3/c1-2-13-11-15(14-5-3-6-16(12-14)29-21(22,23)24)8-9-18(13)26-19-17(20(27)28)7-4-10-25-19/h3-12H,2H2,1H3,(H,25,26)(H,27,28). The summed E-state index contributed by atoms with van der Waals surface area (Å²) in [5.41, 5.74) is 2.83. The third-order valence-corrected chi connectivity index (χ3v) is 4.18. The molecule has 0 saturated heterocycles. The predicted octanol–water partition coefficient (Wildman–Crippen LogP) is 5.65. The lowest BCUT2D eigenvalue weighted by molar-refractivity contribution is -0.274. The van der Waals surface area contributed by atoms with Crippen LogP contribution in [0.2, 0.25) is 0 Å². The molecule has 0 amide bonds. The monoisotopic (exact) mass is 402 g/mol. The summed E-state index contributed by atoms with van der Waals surface area (Å²) in [5.74, 6) is -1.19. The zero-order chi connectivity index (χ0) is 21.0. The molecule has 0 fully saturated rings. The van der Waals surface area contributed by atoms with Gasteiger partial charge in [-0.2, -0.15) is 0 Å². The molecule has 0 unspecified atom stereocenters. The second kappa shape index (κ2) is 8.22. The average Bonchev–Trinajstić information content (AvgIpc) is 2.67. The smallest absolute Gasteiger partial charge is 0.478 e. The summed E-state index contributed by atoms with van der Waals surface area (Å²) < 4.78 is 41.4. The van der Waals surface area contributed by atoms with Crippen molar-refractivity contribution in [2.45, 2.75) is 19.7 Å². The Labute approximate surface area is 164 Å². The minimum Gasteiger partial charge on any atom is -0.478 e. The zero-order valence-corrected chi connectivity index (χ0v) is 15.3. The molecule has 3 rings (SSSR count). The van der Waals surface area contributed by atoms with Gasteiger partial charge in [0.15, 0.2) is 0 Å². The van der Waals surface area contributed by atoms with E-state index in [1.807, 2.05) is 13.0 Å². The lowest BCUT2D eigenvalue weighted by Gasteiger charge is -2.14. The Morgan fingerprint density at radius 2 is 1.86 bits per heavy atom. The van der Waals surface area contributed by atoms with Crippen LogP contribution in [0.4, 0.5) is 24.7 Å². The third kappa shape index (κ3) is 5.04. The number of benzene rings is 2. The first-order chi connectivity index (χ1) is 13.8. The number of aromatic nitrogens is 1. The van der Waals surface area contributed by atoms with E-state index in [2.05, 4.69) is 15.0 Å². The molecule has 0 aliphatic carbocycles. The van der Waals surface area contributed by atoms with Gasteiger partial charge in [0.2, 0.25) is 0 Å². The molecular formula is C21H17F3N2O3. The fourth-order valence-corrected chi connectivity index (χ4v) is 2.87. The van der Waals surface area contributed by atoms with Gasteiger partial charge in [-0.1, -0.05) is 25.1 Å². The number of nitrogens with zero attached hydrogens (tertiary/aromatic N) is 1. The zero-order valence-electron chi connectivity index (χ0n) is 15.3. The number of aryl methyl sites for hydroxylation is 1. The van der Waals surface area contributed by atoms with Gasteiger partial charge in [0.25, 0.3) is 0 Å². The topological polar surface area (TPSA) is 71.5 Å². The molecule has 3 aromatic rings. The molecule has 150 valence electrons. The molecule has 0 aliphatic rings. The van der Waals surface area contributed by atoms with Crippen LogP contribution in [0.5, 0.6) is 5.75 Å². The SMILES string of the molecule is CCc1cc(-c2cccc(OC(F)(F)F)c2)ccc1Nc1ncccc1C(=O)O. The van der Waals surface area contributed by atoms with Gasteiger partial charge in [-0.3, -0.25) is 0 Å². The summed E-state index contributed by atoms with van der Waals surface area (Å²) in [5, 5.41) is 12.3. The maximum Gasteiger partial charge on any atom is 0.573 e. The number of rotatable bonds is 6. The van der Waals surface area contributed by atoms with Gasteiger partial charge < -0.3 is 15.2 Å². The van der Waals surface area contributed by atoms with Crippen LogP contribution >= 0.6 is 0 Å². The van der Waals surface area contributed by atoms with Crippen molar-refractivity contribution in [3.05, 3.63) is 71.9 Å². The largest absolute Gasteiger partial charge is 0.573 e. The van der Waals surface area contributed by atoms with Crippen LogP contribution in [0.3, 0.4) is 0 Å². The molecule has 0 saturated carbocycles. The first-order valence-corrected chi connectivity index (χ1v) is 8.71. The number of carboxylic acids is 1. The Bertz CT molecular complexity index is 1040. The van der Waals surface area contributed by atoms with E-state index in [0.29, 0.717) is 23.2 Å². The number of ether oxygens (including phenoxy) is 1. The molecule has 0 atom stereocenters. The number of anilines is 2. The van der Waals surface area contributed by atoms with Crippen molar-refractivity contribution in [2.24, 2.45) is 0 Å². The number of carboxylic acid groups (broad SMARTS) is 1. The normalized spacial score (nSPS) is 11.2. The van der Waals surface area contributed by atoms with Crippen LogP contribution in [0.25, 0.3) is 11.1 Å². The van der Waals surface area contributed by atoms with Gasteiger partial charge in [-0.05, 0) is 59.5 Å². The van der Waals surface area contributed by atoms with E-state index < -0.39 is 12.3 Å². The van der Waals surface area contributed by atoms with Crippen molar-refractivity contribution in [2.75, 3.05) is 5.32 Å². The minimum absolute atomic E-state index is 0.0376. The molecule has 2 N–H and O–H groups in total. The Morgan fingerprint density at radius 1 is 1.10 bits per heavy atom. The second-order valence-corrected chi connectivity index (χ2v) is 6.13. The molecule has 0 aliphatic heterocycles. The highest BCUT2D eigenvalue weighted by Crippen LogP contribution is 2.31. The number of hydrogen-bond donors (Lipinski definition) is 2. The quantitative estimate of drug-likeness (QED) is 0.557. The number of halogens is 3. The molecule has 0 bridgehead atoms. The maximum absolute atomic E-state index is 12.5. The van der Waals surface area contributed by atoms with E-state index in [1.165, 1.54) is 36.5 Å². The Hall–Kier alpha value is -3.55. The molecule has 0 radical (unpaired) electrons. The number of nitrogens with one attached hydrogen (secondary N) is 1. The molecule has 2 aromatic carbocycles. The van der Waals surface area contributed by atoms with E-state index in [9.17, 15) is 23.1 Å². The van der Waals surface area contributed by atoms with Crippen LogP contribution in [-0.2, 0) is 6.42 Å². The molecule has 29 heavy (non-hydrogen) atoms. The summed E-state index contributed by atoms with van der Waals surface area (Å²) >= 11 is 0. The van der Waals surface area contributed by atoms with Crippen molar-refractivity contribution in [1.29, 1.82) is 0 Å². The molecule has 5 nitrogen and oxygen atoms in total.